The SMILES string of the molecule is CCc1nn2cc(F)c(N3CCN(C(=O)[C@@]4(O)CCOC4)CC3)cc2c1N(C)c1nc(-c2ccc(F)cc2)c(C#N)s1. The summed E-state index contributed by atoms with van der Waals surface area (Å²) in [4.78, 5) is 23.4. The van der Waals surface area contributed by atoms with E-state index in [1.165, 1.54) is 34.2 Å². The fourth-order valence-electron chi connectivity index (χ4n) is 5.53. The van der Waals surface area contributed by atoms with Crippen molar-refractivity contribution in [3.05, 3.63) is 58.7 Å². The Balaban J connectivity index is 1.31. The van der Waals surface area contributed by atoms with Crippen LogP contribution in [-0.2, 0) is 16.0 Å². The maximum atomic E-state index is 15.4. The van der Waals surface area contributed by atoms with E-state index in [0.29, 0.717) is 71.7 Å². The number of anilines is 3. The van der Waals surface area contributed by atoms with Crippen molar-refractivity contribution in [3.63, 3.8) is 0 Å². The number of pyridine rings is 1. The maximum absolute atomic E-state index is 15.4. The summed E-state index contributed by atoms with van der Waals surface area (Å²) in [5.41, 5.74) is 2.13. The van der Waals surface area contributed by atoms with E-state index in [1.54, 1.807) is 23.1 Å². The molecule has 1 N–H and O–H groups in total. The van der Waals surface area contributed by atoms with Gasteiger partial charge in [-0.15, -0.1) is 0 Å². The van der Waals surface area contributed by atoms with Gasteiger partial charge in [-0.3, -0.25) is 4.79 Å². The maximum Gasteiger partial charge on any atom is 0.257 e. The van der Waals surface area contributed by atoms with Gasteiger partial charge in [-0.25, -0.2) is 18.3 Å². The fraction of sp³-hybridized carbons (Fsp3) is 0.379. The van der Waals surface area contributed by atoms with E-state index in [9.17, 15) is 19.6 Å². The molecule has 5 heterocycles. The molecular weight excluding hydrogens is 564 g/mol. The van der Waals surface area contributed by atoms with Crippen molar-refractivity contribution in [3.8, 4) is 17.3 Å². The van der Waals surface area contributed by atoms with Crippen molar-refractivity contribution >= 4 is 39.3 Å². The molecule has 0 aliphatic carbocycles. The van der Waals surface area contributed by atoms with Crippen LogP contribution in [0.25, 0.3) is 16.8 Å². The number of thiazole rings is 1. The summed E-state index contributed by atoms with van der Waals surface area (Å²) in [6.07, 6.45) is 2.20. The Hall–Kier alpha value is -4.12. The Morgan fingerprint density at radius 1 is 1.24 bits per heavy atom. The number of benzene rings is 1. The number of carbonyl (C=O) groups is 1. The van der Waals surface area contributed by atoms with Crippen molar-refractivity contribution in [2.75, 3.05) is 56.2 Å². The molecule has 0 saturated carbocycles. The minimum Gasteiger partial charge on any atom is -0.378 e. The number of ether oxygens (including phenoxy) is 1. The lowest BCUT2D eigenvalue weighted by Crippen LogP contribution is -2.56. The monoisotopic (exact) mass is 593 g/mol. The minimum absolute atomic E-state index is 0.00500. The number of rotatable bonds is 6. The largest absolute Gasteiger partial charge is 0.378 e. The molecule has 0 spiro atoms. The van der Waals surface area contributed by atoms with Crippen LogP contribution < -0.4 is 9.80 Å². The lowest BCUT2D eigenvalue weighted by atomic mass is 10.0. The second kappa shape index (κ2) is 10.9. The normalized spacial score (nSPS) is 19.0. The molecule has 1 amide bonds. The lowest BCUT2D eigenvalue weighted by molar-refractivity contribution is -0.151. The van der Waals surface area contributed by atoms with Crippen LogP contribution in [0.15, 0.2) is 36.5 Å². The molecule has 6 rings (SSSR count). The summed E-state index contributed by atoms with van der Waals surface area (Å²) in [6, 6.07) is 9.79. The van der Waals surface area contributed by atoms with Gasteiger partial charge in [0.05, 0.1) is 42.0 Å². The smallest absolute Gasteiger partial charge is 0.257 e. The molecule has 1 aromatic carbocycles. The van der Waals surface area contributed by atoms with Crippen LogP contribution in [0.2, 0.25) is 0 Å². The van der Waals surface area contributed by atoms with Crippen LogP contribution in [0.1, 0.15) is 23.9 Å². The van der Waals surface area contributed by atoms with E-state index in [0.717, 1.165) is 11.4 Å². The number of halogens is 2. The third-order valence-corrected chi connectivity index (χ3v) is 8.88. The number of aryl methyl sites for hydroxylation is 1. The van der Waals surface area contributed by atoms with Crippen LogP contribution in [0.4, 0.5) is 25.3 Å². The van der Waals surface area contributed by atoms with Crippen LogP contribution in [-0.4, -0.2) is 82.6 Å². The number of piperazine rings is 1. The summed E-state index contributed by atoms with van der Waals surface area (Å²) >= 11 is 1.21. The molecule has 0 bridgehead atoms. The first-order valence-electron chi connectivity index (χ1n) is 13.7. The number of hydrogen-bond acceptors (Lipinski definition) is 9. The average Bonchev–Trinajstić information content (AvgIpc) is 3.73. The van der Waals surface area contributed by atoms with Crippen LogP contribution in [0.3, 0.4) is 0 Å². The van der Waals surface area contributed by atoms with E-state index >= 15 is 4.39 Å². The lowest BCUT2D eigenvalue weighted by Gasteiger charge is -2.38. The molecule has 2 fully saturated rings. The molecule has 0 unspecified atom stereocenters. The highest BCUT2D eigenvalue weighted by Crippen LogP contribution is 2.39. The number of fused-ring (bicyclic) bond motifs is 1. The van der Waals surface area contributed by atoms with Gasteiger partial charge in [-0.2, -0.15) is 10.4 Å². The Bertz CT molecular complexity index is 1680. The van der Waals surface area contributed by atoms with Crippen molar-refractivity contribution < 1.29 is 23.4 Å². The first-order valence-corrected chi connectivity index (χ1v) is 14.5. The Morgan fingerprint density at radius 2 is 1.98 bits per heavy atom. The molecule has 0 radical (unpaired) electrons. The zero-order chi connectivity index (χ0) is 29.6. The Kier molecular flexibility index (Phi) is 7.30. The zero-order valence-corrected chi connectivity index (χ0v) is 24.0. The molecule has 13 heteroatoms. The van der Waals surface area contributed by atoms with E-state index in [4.69, 9.17) is 9.72 Å². The molecular formula is C29H29F2N7O3S. The van der Waals surface area contributed by atoms with Gasteiger partial charge in [-0.1, -0.05) is 18.3 Å². The number of aromatic nitrogens is 3. The average molecular weight is 594 g/mol. The van der Waals surface area contributed by atoms with Gasteiger partial charge in [-0.05, 0) is 36.8 Å². The fourth-order valence-corrected chi connectivity index (χ4v) is 6.39. The number of carbonyl (C=O) groups excluding carboxylic acids is 1. The highest BCUT2D eigenvalue weighted by atomic mass is 32.1. The summed E-state index contributed by atoms with van der Waals surface area (Å²) in [6.45, 7) is 3.79. The van der Waals surface area contributed by atoms with Gasteiger partial charge in [0.25, 0.3) is 5.91 Å². The van der Waals surface area contributed by atoms with Gasteiger partial charge in [0.2, 0.25) is 0 Å². The van der Waals surface area contributed by atoms with Crippen molar-refractivity contribution in [1.82, 2.24) is 19.5 Å². The summed E-state index contributed by atoms with van der Waals surface area (Å²) in [5.74, 6) is -1.16. The molecule has 3 aromatic heterocycles. The highest BCUT2D eigenvalue weighted by Gasteiger charge is 2.43. The first-order chi connectivity index (χ1) is 20.2. The van der Waals surface area contributed by atoms with Gasteiger partial charge in [0.1, 0.15) is 22.5 Å². The van der Waals surface area contributed by atoms with Crippen LogP contribution >= 0.6 is 11.3 Å². The van der Waals surface area contributed by atoms with Crippen LogP contribution in [0.5, 0.6) is 0 Å². The summed E-state index contributed by atoms with van der Waals surface area (Å²) < 4.78 is 35.7. The van der Waals surface area contributed by atoms with Gasteiger partial charge in [0.15, 0.2) is 16.5 Å². The summed E-state index contributed by atoms with van der Waals surface area (Å²) in [7, 11) is 1.83. The third-order valence-electron chi connectivity index (χ3n) is 7.84. The molecule has 4 aromatic rings. The highest BCUT2D eigenvalue weighted by molar-refractivity contribution is 7.16. The van der Waals surface area contributed by atoms with Crippen LogP contribution in [0, 0.1) is 23.0 Å². The predicted molar refractivity (Wildman–Crippen MR) is 154 cm³/mol. The van der Waals surface area contributed by atoms with E-state index in [-0.39, 0.29) is 24.8 Å². The van der Waals surface area contributed by atoms with Gasteiger partial charge >= 0.3 is 0 Å². The summed E-state index contributed by atoms with van der Waals surface area (Å²) in [5, 5.41) is 25.6. The quantitative estimate of drug-likeness (QED) is 0.360. The molecule has 2 aliphatic rings. The third kappa shape index (κ3) is 4.85. The van der Waals surface area contributed by atoms with Crippen molar-refractivity contribution in [2.45, 2.75) is 25.4 Å². The van der Waals surface area contributed by atoms with Crippen molar-refractivity contribution in [2.24, 2.45) is 0 Å². The standard InChI is InChI=1S/C29H29F2N7O3S/c1-3-21-26(35(2)28-33-25(24(15-32)42-28)18-4-6-19(30)7-5-18)23-14-22(20(31)16-38(23)34-21)36-9-11-37(12-10-36)27(39)29(40)8-13-41-17-29/h4-7,14,16,40H,3,8-13,17H2,1-2H3/t29-/m1/s1. The van der Waals surface area contributed by atoms with Gasteiger partial charge in [0, 0.05) is 45.2 Å². The molecule has 2 aliphatic heterocycles. The minimum atomic E-state index is -1.49. The van der Waals surface area contributed by atoms with E-state index in [1.807, 2.05) is 23.8 Å². The zero-order valence-electron chi connectivity index (χ0n) is 23.2. The molecule has 2 saturated heterocycles. The second-order valence-corrected chi connectivity index (χ2v) is 11.4. The Labute approximate surface area is 245 Å². The molecule has 1 atom stereocenters. The topological polar surface area (TPSA) is 110 Å². The number of nitriles is 1. The van der Waals surface area contributed by atoms with Gasteiger partial charge < -0.3 is 24.5 Å². The first kappa shape index (κ1) is 28.0. The molecule has 218 valence electrons. The molecule has 10 nitrogen and oxygen atoms in total. The second-order valence-electron chi connectivity index (χ2n) is 10.5. The van der Waals surface area contributed by atoms with Crippen molar-refractivity contribution in [1.29, 1.82) is 5.26 Å². The Morgan fingerprint density at radius 3 is 2.62 bits per heavy atom. The predicted octanol–water partition coefficient (Wildman–Crippen LogP) is 3.74. The number of aliphatic hydroxyl groups is 1. The van der Waals surface area contributed by atoms with E-state index < -0.39 is 11.4 Å². The number of nitrogens with zero attached hydrogens (tertiary/aromatic N) is 7. The number of hydrogen-bond donors (Lipinski definition) is 1. The number of amides is 1. The molecule has 42 heavy (non-hydrogen) atoms. The van der Waals surface area contributed by atoms with E-state index in [2.05, 4.69) is 11.2 Å².